The number of likely N-dealkylation sites (tertiary alicyclic amines) is 1. The predicted molar refractivity (Wildman–Crippen MR) is 101 cm³/mol. The van der Waals surface area contributed by atoms with E-state index in [1.54, 1.807) is 6.07 Å². The Hall–Kier alpha value is -2.34. The lowest BCUT2D eigenvalue weighted by atomic mass is 9.85. The second kappa shape index (κ2) is 8.57. The molecule has 1 aromatic carbocycles. The van der Waals surface area contributed by atoms with Crippen LogP contribution in [0.15, 0.2) is 30.4 Å². The molecule has 1 fully saturated rings. The van der Waals surface area contributed by atoms with Gasteiger partial charge in [-0.2, -0.15) is 0 Å². The summed E-state index contributed by atoms with van der Waals surface area (Å²) in [6, 6.07) is 5.42. The number of hydrogen-bond acceptors (Lipinski definition) is 4. The molecule has 0 aromatic heterocycles. The highest BCUT2D eigenvalue weighted by Crippen LogP contribution is 2.34. The molecule has 27 heavy (non-hydrogen) atoms. The molecule has 1 aliphatic carbocycles. The normalized spacial score (nSPS) is 21.3. The van der Waals surface area contributed by atoms with E-state index in [-0.39, 0.29) is 42.5 Å². The molecule has 1 saturated heterocycles. The van der Waals surface area contributed by atoms with Gasteiger partial charge in [0.15, 0.2) is 0 Å². The number of nitrogens with zero attached hydrogens (tertiary/aromatic N) is 1. The highest BCUT2D eigenvalue weighted by atomic mass is 35.5. The molecule has 6 nitrogen and oxygen atoms in total. The third-order valence-corrected chi connectivity index (χ3v) is 5.40. The summed E-state index contributed by atoms with van der Waals surface area (Å²) in [7, 11) is 0. The van der Waals surface area contributed by atoms with Crippen LogP contribution in [0, 0.1) is 18.8 Å². The number of ether oxygens (including phenoxy) is 1. The Bertz CT molecular complexity index is 751. The number of imide groups is 1. The van der Waals surface area contributed by atoms with Gasteiger partial charge in [-0.25, -0.2) is 0 Å². The van der Waals surface area contributed by atoms with Gasteiger partial charge in [0.25, 0.3) is 0 Å². The minimum atomic E-state index is -0.250. The second-order valence-electron chi connectivity index (χ2n) is 6.84. The molecule has 3 amide bonds. The van der Waals surface area contributed by atoms with E-state index in [1.807, 2.05) is 31.2 Å². The van der Waals surface area contributed by atoms with Gasteiger partial charge in [0.05, 0.1) is 18.4 Å². The second-order valence-corrected chi connectivity index (χ2v) is 7.25. The number of fused-ring (bicyclic) bond motifs is 1. The summed E-state index contributed by atoms with van der Waals surface area (Å²) in [4.78, 5) is 37.9. The average Bonchev–Trinajstić information content (AvgIpc) is 2.91. The molecule has 1 heterocycles. The Morgan fingerprint density at radius 2 is 1.89 bits per heavy atom. The summed E-state index contributed by atoms with van der Waals surface area (Å²) in [5.74, 6) is -0.373. The fourth-order valence-corrected chi connectivity index (χ4v) is 3.58. The quantitative estimate of drug-likeness (QED) is 0.441. The molecule has 2 atom stereocenters. The first-order chi connectivity index (χ1) is 13.0. The highest BCUT2D eigenvalue weighted by molar-refractivity contribution is 6.31. The zero-order valence-corrected chi connectivity index (χ0v) is 16.0. The first kappa shape index (κ1) is 19.4. The summed E-state index contributed by atoms with van der Waals surface area (Å²) < 4.78 is 5.54. The number of rotatable bonds is 7. The molecule has 1 aliphatic heterocycles. The van der Waals surface area contributed by atoms with Gasteiger partial charge in [0.1, 0.15) is 12.4 Å². The van der Waals surface area contributed by atoms with Crippen molar-refractivity contribution in [3.05, 3.63) is 40.9 Å². The molecule has 0 bridgehead atoms. The maximum absolute atomic E-state index is 12.3. The number of amides is 3. The van der Waals surface area contributed by atoms with Gasteiger partial charge in [-0.1, -0.05) is 29.8 Å². The van der Waals surface area contributed by atoms with Gasteiger partial charge in [-0.3, -0.25) is 19.3 Å². The molecule has 0 saturated carbocycles. The average molecular weight is 391 g/mol. The van der Waals surface area contributed by atoms with E-state index in [4.69, 9.17) is 16.3 Å². The number of carbonyl (C=O) groups excluding carboxylic acids is 3. The zero-order valence-electron chi connectivity index (χ0n) is 15.2. The topological polar surface area (TPSA) is 75.7 Å². The monoisotopic (exact) mass is 390 g/mol. The molecule has 2 aliphatic rings. The van der Waals surface area contributed by atoms with Crippen LogP contribution in [0.5, 0.6) is 5.75 Å². The van der Waals surface area contributed by atoms with E-state index in [0.29, 0.717) is 36.8 Å². The molecule has 0 spiro atoms. The van der Waals surface area contributed by atoms with Crippen molar-refractivity contribution in [2.75, 3.05) is 19.7 Å². The Kier molecular flexibility index (Phi) is 6.16. The lowest BCUT2D eigenvalue weighted by molar-refractivity contribution is -0.140. The molecular weight excluding hydrogens is 368 g/mol. The maximum atomic E-state index is 12.3. The summed E-state index contributed by atoms with van der Waals surface area (Å²) in [6.45, 7) is 2.68. The molecule has 0 unspecified atom stereocenters. The smallest absolute Gasteiger partial charge is 0.233 e. The van der Waals surface area contributed by atoms with Crippen molar-refractivity contribution in [2.45, 2.75) is 26.2 Å². The third-order valence-electron chi connectivity index (χ3n) is 5.00. The number of hydrogen-bond donors (Lipinski definition) is 1. The van der Waals surface area contributed by atoms with Crippen molar-refractivity contribution in [1.29, 1.82) is 0 Å². The van der Waals surface area contributed by atoms with Crippen molar-refractivity contribution in [2.24, 2.45) is 11.8 Å². The van der Waals surface area contributed by atoms with Gasteiger partial charge in [-0.05, 0) is 37.5 Å². The molecular formula is C20H23ClN2O4. The highest BCUT2D eigenvalue weighted by Gasteiger charge is 2.46. The summed E-state index contributed by atoms with van der Waals surface area (Å²) in [5, 5.41) is 3.37. The van der Waals surface area contributed by atoms with Crippen LogP contribution >= 0.6 is 11.6 Å². The van der Waals surface area contributed by atoms with E-state index in [0.717, 1.165) is 5.56 Å². The van der Waals surface area contributed by atoms with Crippen LogP contribution in [-0.4, -0.2) is 42.3 Å². The van der Waals surface area contributed by atoms with Crippen LogP contribution in [0.25, 0.3) is 0 Å². The Balaban J connectivity index is 1.38. The number of nitrogens with one attached hydrogen (secondary N) is 1. The number of aryl methyl sites for hydroxylation is 1. The predicted octanol–water partition coefficient (Wildman–Crippen LogP) is 2.48. The molecule has 1 N–H and O–H groups in total. The number of carbonyl (C=O) groups is 3. The van der Waals surface area contributed by atoms with Crippen molar-refractivity contribution in [3.63, 3.8) is 0 Å². The number of benzene rings is 1. The molecule has 1 aromatic rings. The first-order valence-electron chi connectivity index (χ1n) is 9.13. The fraction of sp³-hybridized carbons (Fsp3) is 0.450. The Morgan fingerprint density at radius 1 is 1.22 bits per heavy atom. The van der Waals surface area contributed by atoms with Gasteiger partial charge in [0.2, 0.25) is 17.7 Å². The largest absolute Gasteiger partial charge is 0.492 e. The summed E-state index contributed by atoms with van der Waals surface area (Å²) in [6.07, 6.45) is 5.21. The molecule has 0 radical (unpaired) electrons. The van der Waals surface area contributed by atoms with E-state index in [2.05, 4.69) is 5.32 Å². The van der Waals surface area contributed by atoms with Crippen LogP contribution in [0.4, 0.5) is 0 Å². The van der Waals surface area contributed by atoms with E-state index in [9.17, 15) is 14.4 Å². The Labute approximate surface area is 163 Å². The van der Waals surface area contributed by atoms with E-state index < -0.39 is 0 Å². The minimum Gasteiger partial charge on any atom is -0.492 e. The Morgan fingerprint density at radius 3 is 2.52 bits per heavy atom. The van der Waals surface area contributed by atoms with Gasteiger partial charge >= 0.3 is 0 Å². The van der Waals surface area contributed by atoms with Crippen LogP contribution in [0.1, 0.15) is 24.8 Å². The zero-order chi connectivity index (χ0) is 19.4. The molecule has 7 heteroatoms. The lowest BCUT2D eigenvalue weighted by Crippen LogP contribution is -2.36. The van der Waals surface area contributed by atoms with Gasteiger partial charge < -0.3 is 10.1 Å². The molecule has 144 valence electrons. The van der Waals surface area contributed by atoms with Crippen molar-refractivity contribution in [1.82, 2.24) is 10.2 Å². The van der Waals surface area contributed by atoms with Crippen LogP contribution in [0.2, 0.25) is 5.02 Å². The van der Waals surface area contributed by atoms with Crippen molar-refractivity contribution >= 4 is 29.3 Å². The van der Waals surface area contributed by atoms with Crippen molar-refractivity contribution < 1.29 is 19.1 Å². The van der Waals surface area contributed by atoms with Crippen LogP contribution in [-0.2, 0) is 14.4 Å². The third kappa shape index (κ3) is 4.50. The van der Waals surface area contributed by atoms with Crippen LogP contribution in [0.3, 0.4) is 0 Å². The minimum absolute atomic E-state index is 0.0979. The van der Waals surface area contributed by atoms with Gasteiger partial charge in [-0.15, -0.1) is 0 Å². The van der Waals surface area contributed by atoms with Gasteiger partial charge in [0, 0.05) is 18.0 Å². The van der Waals surface area contributed by atoms with Crippen LogP contribution < -0.4 is 10.1 Å². The molecule has 3 rings (SSSR count). The van der Waals surface area contributed by atoms with E-state index >= 15 is 0 Å². The number of halogens is 1. The van der Waals surface area contributed by atoms with E-state index in [1.165, 1.54) is 4.90 Å². The summed E-state index contributed by atoms with van der Waals surface area (Å²) >= 11 is 6.04. The van der Waals surface area contributed by atoms with Crippen molar-refractivity contribution in [3.8, 4) is 5.75 Å². The standard InChI is InChI=1S/C20H23ClN2O4/c1-13-6-7-14(12-17(13)21)27-11-9-22-18(24)8-10-23-19(25)15-4-2-3-5-16(15)20(23)26/h2-3,6-7,12,15-16H,4-5,8-11H2,1H3,(H,22,24)/t15-,16+. The fourth-order valence-electron chi connectivity index (χ4n) is 3.41. The number of allylic oxidation sites excluding steroid dienone is 2. The SMILES string of the molecule is Cc1ccc(OCCNC(=O)CCN2C(=O)[C@H]3CC=CC[C@H]3C2=O)cc1Cl. The first-order valence-corrected chi connectivity index (χ1v) is 9.51. The summed E-state index contributed by atoms with van der Waals surface area (Å²) in [5.41, 5.74) is 0.971. The lowest BCUT2D eigenvalue weighted by Gasteiger charge is -2.14. The maximum Gasteiger partial charge on any atom is 0.233 e.